The lowest BCUT2D eigenvalue weighted by Crippen LogP contribution is -2.52. The Kier molecular flexibility index (Phi) is 15.4. The molecule has 2 atom stereocenters. The molecular formula is C43H46ClN7O8S. The Morgan fingerprint density at radius 2 is 1.67 bits per heavy atom. The molecule has 3 aromatic carbocycles. The van der Waals surface area contributed by atoms with Crippen LogP contribution < -0.4 is 31.5 Å². The Morgan fingerprint density at radius 1 is 0.867 bits per heavy atom. The first-order valence-electron chi connectivity index (χ1n) is 19.6. The van der Waals surface area contributed by atoms with Crippen molar-refractivity contribution in [3.63, 3.8) is 0 Å². The van der Waals surface area contributed by atoms with Crippen molar-refractivity contribution in [2.24, 2.45) is 0 Å². The quantitative estimate of drug-likeness (QED) is 0.0493. The molecule has 0 radical (unpaired) electrons. The number of hydrogen-bond donors (Lipinski definition) is 5. The molecule has 6 rings (SSSR count). The number of imide groups is 1. The van der Waals surface area contributed by atoms with Gasteiger partial charge in [0.05, 0.1) is 13.2 Å². The van der Waals surface area contributed by atoms with Gasteiger partial charge in [0.15, 0.2) is 0 Å². The van der Waals surface area contributed by atoms with Crippen LogP contribution in [0.5, 0.6) is 0 Å². The third-order valence-electron chi connectivity index (χ3n) is 9.98. The lowest BCUT2D eigenvalue weighted by molar-refractivity contribution is -0.137. The van der Waals surface area contributed by atoms with E-state index < -0.39 is 23.9 Å². The van der Waals surface area contributed by atoms with Crippen LogP contribution in [0.1, 0.15) is 58.1 Å². The molecule has 15 nitrogen and oxygen atoms in total. The maximum absolute atomic E-state index is 13.6. The third kappa shape index (κ3) is 11.3. The van der Waals surface area contributed by atoms with E-state index in [1.807, 2.05) is 47.8 Å². The maximum Gasteiger partial charge on any atom is 0.255 e. The van der Waals surface area contributed by atoms with Crippen LogP contribution in [0.4, 0.5) is 17.1 Å². The number of benzene rings is 3. The highest BCUT2D eigenvalue weighted by atomic mass is 35.5. The summed E-state index contributed by atoms with van der Waals surface area (Å²) in [5.74, 6) is -2.81. The number of anilines is 3. The molecule has 0 aliphatic carbocycles. The van der Waals surface area contributed by atoms with Gasteiger partial charge in [-0.15, -0.1) is 22.9 Å². The molecule has 7 amide bonds. The van der Waals surface area contributed by atoms with E-state index in [2.05, 4.69) is 26.6 Å². The predicted octanol–water partition coefficient (Wildman–Crippen LogP) is 4.14. The summed E-state index contributed by atoms with van der Waals surface area (Å²) in [6.45, 7) is 1.60. The van der Waals surface area contributed by atoms with E-state index in [-0.39, 0.29) is 87.4 Å². The van der Waals surface area contributed by atoms with Crippen LogP contribution in [-0.2, 0) is 46.5 Å². The number of carbonyl (C=O) groups excluding carboxylic acids is 7. The van der Waals surface area contributed by atoms with Gasteiger partial charge in [0, 0.05) is 78.5 Å². The summed E-state index contributed by atoms with van der Waals surface area (Å²) in [4.78, 5) is 92.5. The molecule has 1 fully saturated rings. The summed E-state index contributed by atoms with van der Waals surface area (Å²) in [7, 11) is 0. The fourth-order valence-corrected chi connectivity index (χ4v) is 7.94. The van der Waals surface area contributed by atoms with Gasteiger partial charge in [-0.1, -0.05) is 42.5 Å². The molecule has 2 aliphatic rings. The van der Waals surface area contributed by atoms with Gasteiger partial charge in [-0.3, -0.25) is 43.8 Å². The van der Waals surface area contributed by atoms with Crippen LogP contribution in [0.3, 0.4) is 0 Å². The molecule has 0 bridgehead atoms. The third-order valence-corrected chi connectivity index (χ3v) is 11.1. The molecule has 17 heteroatoms. The van der Waals surface area contributed by atoms with E-state index in [4.69, 9.17) is 16.3 Å². The van der Waals surface area contributed by atoms with Crippen LogP contribution in [0.25, 0.3) is 0 Å². The maximum atomic E-state index is 13.6. The van der Waals surface area contributed by atoms with E-state index in [1.54, 1.807) is 42.5 Å². The average Bonchev–Trinajstić information content (AvgIpc) is 3.90. The monoisotopic (exact) mass is 855 g/mol. The summed E-state index contributed by atoms with van der Waals surface area (Å²) in [5, 5.41) is 15.9. The number of amides is 7. The van der Waals surface area contributed by atoms with Gasteiger partial charge < -0.3 is 30.9 Å². The highest BCUT2D eigenvalue weighted by Crippen LogP contribution is 2.33. The Balaban J connectivity index is 0.903. The Labute approximate surface area is 356 Å². The minimum Gasteiger partial charge on any atom is -0.382 e. The topological polar surface area (TPSA) is 195 Å². The standard InChI is InChI=1S/C43H46ClN7O8S/c44-26-39(55)51(40(35-10-5-25-60-35)42(57)47-20-17-28-6-2-1-3-7-28)30-13-11-29(12-14-30)48-38(54)18-21-46-36(52)19-23-59-24-22-45-33-9-4-8-31-32(33)27-50(43(31)58)34-15-16-37(53)49-41(34)56/h1-14,25,34,40,45H,15-24,26-27H2,(H,46,52)(H,47,57)(H,48,54)(H,49,53,56). The molecule has 60 heavy (non-hydrogen) atoms. The Morgan fingerprint density at radius 3 is 2.40 bits per heavy atom. The highest BCUT2D eigenvalue weighted by molar-refractivity contribution is 7.10. The molecule has 1 saturated heterocycles. The first kappa shape index (κ1) is 43.5. The van der Waals surface area contributed by atoms with Gasteiger partial charge in [0.25, 0.3) is 5.91 Å². The van der Waals surface area contributed by atoms with Gasteiger partial charge in [-0.25, -0.2) is 0 Å². The number of piperidine rings is 1. The lowest BCUT2D eigenvalue weighted by atomic mass is 10.0. The zero-order valence-corrected chi connectivity index (χ0v) is 34.3. The number of hydrogen-bond acceptors (Lipinski definition) is 10. The zero-order valence-electron chi connectivity index (χ0n) is 32.7. The second kappa shape index (κ2) is 21.2. The Hall–Kier alpha value is -6.10. The molecule has 0 saturated carbocycles. The number of fused-ring (bicyclic) bond motifs is 1. The zero-order chi connectivity index (χ0) is 42.4. The second-order valence-electron chi connectivity index (χ2n) is 14.1. The van der Waals surface area contributed by atoms with Crippen LogP contribution in [0.2, 0.25) is 0 Å². The van der Waals surface area contributed by atoms with Gasteiger partial charge in [0.2, 0.25) is 35.4 Å². The van der Waals surface area contributed by atoms with Crippen molar-refractivity contribution in [1.29, 1.82) is 0 Å². The summed E-state index contributed by atoms with van der Waals surface area (Å²) in [6, 6.07) is 23.6. The van der Waals surface area contributed by atoms with Crippen molar-refractivity contribution in [2.45, 2.75) is 50.7 Å². The van der Waals surface area contributed by atoms with E-state index in [1.165, 1.54) is 21.1 Å². The SMILES string of the molecule is O=C(CCOCCNc1cccc2c1CN(C1CCC(=O)NC1=O)C2=O)NCCC(=O)Nc1ccc(N(C(=O)CCl)C(C(=O)NCCc2ccccc2)c2cccs2)cc1. The smallest absolute Gasteiger partial charge is 0.255 e. The minimum absolute atomic E-state index is 0.0175. The molecule has 314 valence electrons. The summed E-state index contributed by atoms with van der Waals surface area (Å²) in [6.07, 6.45) is 1.20. The van der Waals surface area contributed by atoms with Crippen LogP contribution in [-0.4, -0.2) is 91.0 Å². The van der Waals surface area contributed by atoms with E-state index in [0.717, 1.165) is 16.8 Å². The lowest BCUT2D eigenvalue weighted by Gasteiger charge is -2.30. The summed E-state index contributed by atoms with van der Waals surface area (Å²) in [5.41, 5.74) is 3.99. The van der Waals surface area contributed by atoms with Crippen molar-refractivity contribution in [3.05, 3.63) is 112 Å². The minimum atomic E-state index is -0.956. The van der Waals surface area contributed by atoms with Gasteiger partial charge in [-0.05, 0) is 66.2 Å². The number of halogens is 1. The average molecular weight is 856 g/mol. The molecule has 4 aromatic rings. The van der Waals surface area contributed by atoms with Crippen molar-refractivity contribution in [2.75, 3.05) is 54.3 Å². The van der Waals surface area contributed by atoms with Gasteiger partial charge in [-0.2, -0.15) is 0 Å². The molecule has 1 aromatic heterocycles. The fourth-order valence-electron chi connectivity index (χ4n) is 7.00. The van der Waals surface area contributed by atoms with Crippen LogP contribution in [0.15, 0.2) is 90.3 Å². The van der Waals surface area contributed by atoms with Crippen molar-refractivity contribution >= 4 is 81.4 Å². The molecule has 5 N–H and O–H groups in total. The van der Waals surface area contributed by atoms with Crippen molar-refractivity contribution < 1.29 is 38.3 Å². The molecule has 3 heterocycles. The first-order chi connectivity index (χ1) is 29.1. The number of alkyl halides is 1. The highest BCUT2D eigenvalue weighted by Gasteiger charge is 2.40. The largest absolute Gasteiger partial charge is 0.382 e. The van der Waals surface area contributed by atoms with E-state index in [9.17, 15) is 33.6 Å². The number of rotatable bonds is 20. The number of thiophene rings is 1. The molecule has 0 spiro atoms. The van der Waals surface area contributed by atoms with E-state index >= 15 is 0 Å². The Bertz CT molecular complexity index is 2170. The van der Waals surface area contributed by atoms with Crippen molar-refractivity contribution in [3.8, 4) is 0 Å². The molecule has 2 aliphatic heterocycles. The summed E-state index contributed by atoms with van der Waals surface area (Å²) < 4.78 is 5.63. The number of nitrogens with one attached hydrogen (secondary N) is 5. The van der Waals surface area contributed by atoms with Crippen LogP contribution >= 0.6 is 22.9 Å². The first-order valence-corrected chi connectivity index (χ1v) is 21.0. The molecular weight excluding hydrogens is 810 g/mol. The fraction of sp³-hybridized carbons (Fsp3) is 0.326. The number of carbonyl (C=O) groups is 7. The van der Waals surface area contributed by atoms with Gasteiger partial charge in [0.1, 0.15) is 18.0 Å². The predicted molar refractivity (Wildman–Crippen MR) is 228 cm³/mol. The van der Waals surface area contributed by atoms with Gasteiger partial charge >= 0.3 is 0 Å². The molecule has 2 unspecified atom stereocenters. The number of nitrogens with zero attached hydrogens (tertiary/aromatic N) is 2. The van der Waals surface area contributed by atoms with Crippen molar-refractivity contribution in [1.82, 2.24) is 20.9 Å². The second-order valence-corrected chi connectivity index (χ2v) is 15.3. The van der Waals surface area contributed by atoms with E-state index in [0.29, 0.717) is 41.3 Å². The van der Waals surface area contributed by atoms with Crippen LogP contribution in [0, 0.1) is 0 Å². The normalized spacial score (nSPS) is 15.1. The summed E-state index contributed by atoms with van der Waals surface area (Å²) >= 11 is 7.39. The number of ether oxygens (including phenoxy) is 1.